The first-order chi connectivity index (χ1) is 9.78. The second-order valence-electron chi connectivity index (χ2n) is 6.85. The average molecular weight is 356 g/mol. The molecular weight excluding hydrogens is 334 g/mol. The van der Waals surface area contributed by atoms with Crippen molar-refractivity contribution in [2.75, 3.05) is 0 Å². The number of ether oxygens (including phenoxy) is 1. The molecular formula is C16H22BrNO3. The Labute approximate surface area is 134 Å². The van der Waals surface area contributed by atoms with Crippen LogP contribution in [0.3, 0.4) is 0 Å². The molecule has 2 rings (SSSR count). The summed E-state index contributed by atoms with van der Waals surface area (Å²) in [5, 5.41) is 10.9. The molecule has 0 spiro atoms. The minimum absolute atomic E-state index is 0.0912. The fourth-order valence-electron chi connectivity index (χ4n) is 3.41. The Bertz CT molecular complexity index is 530. The monoisotopic (exact) mass is 355 g/mol. The Morgan fingerprint density at radius 3 is 2.76 bits per heavy atom. The van der Waals surface area contributed by atoms with Gasteiger partial charge in [0.05, 0.1) is 17.6 Å². The van der Waals surface area contributed by atoms with Crippen LogP contribution in [0.1, 0.15) is 45.6 Å². The van der Waals surface area contributed by atoms with Crippen molar-refractivity contribution in [3.05, 3.63) is 38.3 Å². The summed E-state index contributed by atoms with van der Waals surface area (Å²) in [6, 6.07) is 5.07. The molecule has 0 N–H and O–H groups in total. The lowest BCUT2D eigenvalue weighted by molar-refractivity contribution is -0.385. The van der Waals surface area contributed by atoms with Gasteiger partial charge in [-0.05, 0) is 52.1 Å². The quantitative estimate of drug-likeness (QED) is 0.558. The molecule has 1 saturated carbocycles. The second kappa shape index (κ2) is 6.44. The van der Waals surface area contributed by atoms with Crippen LogP contribution in [0, 0.1) is 21.4 Å². The lowest BCUT2D eigenvalue weighted by atomic mass is 9.71. The summed E-state index contributed by atoms with van der Waals surface area (Å²) in [6.45, 7) is 7.24. The molecule has 1 aliphatic rings. The van der Waals surface area contributed by atoms with Crippen molar-refractivity contribution < 1.29 is 9.66 Å². The molecule has 2 atom stereocenters. The maximum Gasteiger partial charge on any atom is 0.283 e. The Morgan fingerprint density at radius 1 is 1.43 bits per heavy atom. The van der Waals surface area contributed by atoms with Crippen molar-refractivity contribution >= 4 is 21.6 Å². The summed E-state index contributed by atoms with van der Waals surface area (Å²) in [5.74, 6) is 0.660. The SMILES string of the molecule is CC1CC(OCc2cccc([N+](=O)[O-])c2Br)CC(C)(C)C1. The van der Waals surface area contributed by atoms with Gasteiger partial charge in [-0.2, -0.15) is 0 Å². The molecule has 4 nitrogen and oxygen atoms in total. The number of nitro benzene ring substituents is 1. The van der Waals surface area contributed by atoms with Crippen molar-refractivity contribution in [2.24, 2.45) is 11.3 Å². The molecule has 0 aromatic heterocycles. The van der Waals surface area contributed by atoms with E-state index < -0.39 is 0 Å². The van der Waals surface area contributed by atoms with Crippen molar-refractivity contribution in [3.8, 4) is 0 Å². The molecule has 1 fully saturated rings. The van der Waals surface area contributed by atoms with E-state index in [-0.39, 0.29) is 16.7 Å². The maximum absolute atomic E-state index is 10.9. The van der Waals surface area contributed by atoms with Gasteiger partial charge < -0.3 is 4.74 Å². The Morgan fingerprint density at radius 2 is 2.14 bits per heavy atom. The third kappa shape index (κ3) is 4.27. The molecule has 0 amide bonds. The first kappa shape index (κ1) is 16.4. The molecule has 1 aliphatic carbocycles. The van der Waals surface area contributed by atoms with E-state index in [1.54, 1.807) is 6.07 Å². The standard InChI is InChI=1S/C16H22BrNO3/c1-11-7-13(9-16(2,3)8-11)21-10-12-5-4-6-14(15(12)17)18(19)20/h4-6,11,13H,7-10H2,1-3H3. The summed E-state index contributed by atoms with van der Waals surface area (Å²) in [7, 11) is 0. The molecule has 21 heavy (non-hydrogen) atoms. The first-order valence-corrected chi connectivity index (χ1v) is 8.11. The van der Waals surface area contributed by atoms with E-state index in [0.717, 1.165) is 18.4 Å². The van der Waals surface area contributed by atoms with Gasteiger partial charge in [-0.25, -0.2) is 0 Å². The third-order valence-electron chi connectivity index (χ3n) is 4.08. The van der Waals surface area contributed by atoms with Crippen LogP contribution in [0.15, 0.2) is 22.7 Å². The smallest absolute Gasteiger partial charge is 0.283 e. The lowest BCUT2D eigenvalue weighted by Gasteiger charge is -2.38. The summed E-state index contributed by atoms with van der Waals surface area (Å²) in [5.41, 5.74) is 1.23. The molecule has 0 aliphatic heterocycles. The number of hydrogen-bond acceptors (Lipinski definition) is 3. The highest BCUT2D eigenvalue weighted by molar-refractivity contribution is 9.10. The summed E-state index contributed by atoms with van der Waals surface area (Å²) >= 11 is 3.32. The summed E-state index contributed by atoms with van der Waals surface area (Å²) < 4.78 is 6.56. The largest absolute Gasteiger partial charge is 0.373 e. The molecule has 0 bridgehead atoms. The van der Waals surface area contributed by atoms with Gasteiger partial charge in [0.15, 0.2) is 0 Å². The predicted octanol–water partition coefficient (Wildman–Crippen LogP) is 5.09. The van der Waals surface area contributed by atoms with E-state index in [4.69, 9.17) is 4.74 Å². The minimum atomic E-state index is -0.376. The zero-order valence-electron chi connectivity index (χ0n) is 12.8. The normalized spacial score (nSPS) is 24.8. The number of rotatable bonds is 4. The summed E-state index contributed by atoms with van der Waals surface area (Å²) in [4.78, 5) is 10.6. The molecule has 0 radical (unpaired) electrons. The zero-order chi connectivity index (χ0) is 15.6. The maximum atomic E-state index is 10.9. The van der Waals surface area contributed by atoms with Crippen LogP contribution in [0.5, 0.6) is 0 Å². The van der Waals surface area contributed by atoms with Crippen LogP contribution in [-0.4, -0.2) is 11.0 Å². The van der Waals surface area contributed by atoms with Crippen LogP contribution < -0.4 is 0 Å². The van der Waals surface area contributed by atoms with Crippen molar-refractivity contribution in [1.29, 1.82) is 0 Å². The minimum Gasteiger partial charge on any atom is -0.373 e. The van der Waals surface area contributed by atoms with Crippen LogP contribution >= 0.6 is 15.9 Å². The van der Waals surface area contributed by atoms with Crippen molar-refractivity contribution in [1.82, 2.24) is 0 Å². The van der Waals surface area contributed by atoms with E-state index in [0.29, 0.717) is 22.4 Å². The second-order valence-corrected chi connectivity index (χ2v) is 7.65. The van der Waals surface area contributed by atoms with E-state index in [2.05, 4.69) is 36.7 Å². The van der Waals surface area contributed by atoms with Gasteiger partial charge in [-0.1, -0.05) is 32.9 Å². The van der Waals surface area contributed by atoms with Gasteiger partial charge in [0, 0.05) is 6.07 Å². The van der Waals surface area contributed by atoms with E-state index in [1.807, 2.05) is 6.07 Å². The highest BCUT2D eigenvalue weighted by Gasteiger charge is 2.32. The Kier molecular flexibility index (Phi) is 5.04. The van der Waals surface area contributed by atoms with Crippen molar-refractivity contribution in [2.45, 2.75) is 52.7 Å². The zero-order valence-corrected chi connectivity index (χ0v) is 14.4. The molecule has 1 aromatic rings. The third-order valence-corrected chi connectivity index (χ3v) is 4.99. The van der Waals surface area contributed by atoms with E-state index in [1.165, 1.54) is 12.5 Å². The molecule has 2 unspecified atom stereocenters. The number of hydrogen-bond donors (Lipinski definition) is 0. The van der Waals surface area contributed by atoms with Gasteiger partial charge >= 0.3 is 0 Å². The Balaban J connectivity index is 2.03. The van der Waals surface area contributed by atoms with Gasteiger partial charge in [0.25, 0.3) is 5.69 Å². The molecule has 116 valence electrons. The lowest BCUT2D eigenvalue weighted by Crippen LogP contribution is -2.32. The fraction of sp³-hybridized carbons (Fsp3) is 0.625. The topological polar surface area (TPSA) is 52.4 Å². The summed E-state index contributed by atoms with van der Waals surface area (Å²) in [6.07, 6.45) is 3.57. The average Bonchev–Trinajstić information content (AvgIpc) is 2.34. The highest BCUT2D eigenvalue weighted by Crippen LogP contribution is 2.40. The van der Waals surface area contributed by atoms with E-state index >= 15 is 0 Å². The number of nitrogens with zero attached hydrogens (tertiary/aromatic N) is 1. The van der Waals surface area contributed by atoms with E-state index in [9.17, 15) is 10.1 Å². The fourth-order valence-corrected chi connectivity index (χ4v) is 3.94. The van der Waals surface area contributed by atoms with Gasteiger partial charge in [-0.15, -0.1) is 0 Å². The van der Waals surface area contributed by atoms with Crippen molar-refractivity contribution in [3.63, 3.8) is 0 Å². The molecule has 5 heteroatoms. The highest BCUT2D eigenvalue weighted by atomic mass is 79.9. The number of halogens is 1. The van der Waals surface area contributed by atoms with Gasteiger partial charge in [-0.3, -0.25) is 10.1 Å². The van der Waals surface area contributed by atoms with Gasteiger partial charge in [0.1, 0.15) is 4.47 Å². The number of nitro groups is 1. The predicted molar refractivity (Wildman–Crippen MR) is 86.2 cm³/mol. The van der Waals surface area contributed by atoms with Gasteiger partial charge in [0.2, 0.25) is 0 Å². The first-order valence-electron chi connectivity index (χ1n) is 7.32. The van der Waals surface area contributed by atoms with Crippen LogP contribution in [0.25, 0.3) is 0 Å². The number of benzene rings is 1. The van der Waals surface area contributed by atoms with Crippen LogP contribution in [-0.2, 0) is 11.3 Å². The molecule has 0 saturated heterocycles. The Hall–Kier alpha value is -0.940. The molecule has 1 aromatic carbocycles. The molecule has 0 heterocycles. The van der Waals surface area contributed by atoms with Crippen LogP contribution in [0.4, 0.5) is 5.69 Å². The van der Waals surface area contributed by atoms with Crippen LogP contribution in [0.2, 0.25) is 0 Å².